The number of nitrogens with two attached hydrogens (primary N) is 1. The molecule has 0 aliphatic carbocycles. The van der Waals surface area contributed by atoms with Crippen LogP contribution in [0.5, 0.6) is 0 Å². The molecule has 30 heavy (non-hydrogen) atoms. The van der Waals surface area contributed by atoms with Gasteiger partial charge in [0.2, 0.25) is 0 Å². The average Bonchev–Trinajstić information content (AvgIpc) is 2.75. The topological polar surface area (TPSA) is 72.5 Å². The van der Waals surface area contributed by atoms with Crippen LogP contribution < -0.4 is 5.73 Å². The molecule has 0 heterocycles. The van der Waals surface area contributed by atoms with E-state index in [0.29, 0.717) is 12.6 Å². The Bertz CT molecular complexity index is 303. The first kappa shape index (κ1) is 31.6. The largest absolute Gasteiger partial charge is 0.481 e. The van der Waals surface area contributed by atoms with Gasteiger partial charge in [0.25, 0.3) is 0 Å². The second-order valence-corrected chi connectivity index (χ2v) is 8.56. The normalized spacial score (nSPS) is 10.8. The van der Waals surface area contributed by atoms with Gasteiger partial charge in [-0.05, 0) is 12.8 Å². The summed E-state index contributed by atoms with van der Waals surface area (Å²) in [6, 6.07) is 0. The van der Waals surface area contributed by atoms with E-state index in [4.69, 9.17) is 15.6 Å². The molecule has 4 heteroatoms. The summed E-state index contributed by atoms with van der Waals surface area (Å²) in [5.74, 6) is -0.745. The van der Waals surface area contributed by atoms with Gasteiger partial charge in [-0.25, -0.2) is 0 Å². The number of hydrogen-bond acceptors (Lipinski definition) is 3. The molecule has 0 amide bonds. The van der Waals surface area contributed by atoms with E-state index in [1.165, 1.54) is 116 Å². The van der Waals surface area contributed by atoms with Crippen molar-refractivity contribution in [1.82, 2.24) is 0 Å². The number of ether oxygens (including phenoxy) is 1. The van der Waals surface area contributed by atoms with Crippen molar-refractivity contribution in [3.8, 4) is 0 Å². The van der Waals surface area contributed by atoms with Crippen LogP contribution in [0.3, 0.4) is 0 Å². The maximum absolute atomic E-state index is 9.37. The summed E-state index contributed by atoms with van der Waals surface area (Å²) in [5.41, 5.74) is 5.62. The molecular weight excluding hydrogens is 374 g/mol. The highest BCUT2D eigenvalue weighted by molar-refractivity contribution is 5.66. The van der Waals surface area contributed by atoms with E-state index in [2.05, 4.69) is 13.8 Å². The maximum atomic E-state index is 9.37. The molecule has 0 aromatic rings. The van der Waals surface area contributed by atoms with Gasteiger partial charge in [0.05, 0.1) is 12.7 Å². The van der Waals surface area contributed by atoms with Crippen molar-refractivity contribution in [3.63, 3.8) is 0 Å². The van der Waals surface area contributed by atoms with Crippen molar-refractivity contribution < 1.29 is 14.6 Å². The lowest BCUT2D eigenvalue weighted by atomic mass is 10.0. The van der Waals surface area contributed by atoms with Crippen molar-refractivity contribution in [2.45, 2.75) is 149 Å². The predicted octanol–water partition coefficient (Wildman–Crippen LogP) is 7.87. The minimum atomic E-state index is -0.745. The number of rotatable bonds is 22. The van der Waals surface area contributed by atoms with Gasteiger partial charge in [-0.15, -0.1) is 0 Å². The molecule has 182 valence electrons. The minimum absolute atomic E-state index is 0.222. The van der Waals surface area contributed by atoms with Crippen LogP contribution >= 0.6 is 0 Å². The van der Waals surface area contributed by atoms with Crippen LogP contribution in [0.2, 0.25) is 0 Å². The van der Waals surface area contributed by atoms with Crippen LogP contribution in [0.15, 0.2) is 0 Å². The number of hydrogen-bond donors (Lipinski definition) is 2. The third-order valence-corrected chi connectivity index (χ3v) is 5.53. The van der Waals surface area contributed by atoms with Gasteiger partial charge in [0, 0.05) is 13.0 Å². The van der Waals surface area contributed by atoms with E-state index in [9.17, 15) is 4.79 Å². The number of aliphatic carboxylic acids is 1. The first-order valence-corrected chi connectivity index (χ1v) is 13.2. The third kappa shape index (κ3) is 29.6. The molecule has 0 atom stereocenters. The Morgan fingerprint density at radius 2 is 1.03 bits per heavy atom. The molecule has 0 spiro atoms. The predicted molar refractivity (Wildman–Crippen MR) is 131 cm³/mol. The van der Waals surface area contributed by atoms with Gasteiger partial charge in [-0.3, -0.25) is 4.79 Å². The fourth-order valence-electron chi connectivity index (χ4n) is 3.56. The van der Waals surface area contributed by atoms with E-state index in [1.54, 1.807) is 6.92 Å². The van der Waals surface area contributed by atoms with E-state index < -0.39 is 5.97 Å². The van der Waals surface area contributed by atoms with E-state index >= 15 is 0 Å². The second kappa shape index (κ2) is 28.4. The summed E-state index contributed by atoms with van der Waals surface area (Å²) in [5, 5.41) is 7.72. The second-order valence-electron chi connectivity index (χ2n) is 8.56. The van der Waals surface area contributed by atoms with Crippen molar-refractivity contribution in [1.29, 1.82) is 0 Å². The van der Waals surface area contributed by atoms with Crippen LogP contribution in [-0.2, 0) is 9.53 Å². The van der Waals surface area contributed by atoms with Crippen LogP contribution in [0.1, 0.15) is 143 Å². The molecule has 0 unspecified atom stereocenters. The Kier molecular flexibility index (Phi) is 29.9. The zero-order valence-electron chi connectivity index (χ0n) is 20.8. The molecule has 0 aromatic carbocycles. The number of carbonyl (C=O) groups is 1. The molecule has 4 nitrogen and oxygen atoms in total. The summed E-state index contributed by atoms with van der Waals surface area (Å²) in [4.78, 5) is 9.37. The zero-order chi connectivity index (χ0) is 22.7. The Hall–Kier alpha value is -0.610. The molecule has 0 saturated carbocycles. The van der Waals surface area contributed by atoms with Gasteiger partial charge in [-0.2, -0.15) is 0 Å². The fraction of sp³-hybridized carbons (Fsp3) is 0.962. The van der Waals surface area contributed by atoms with Crippen LogP contribution in [-0.4, -0.2) is 30.3 Å². The third-order valence-electron chi connectivity index (χ3n) is 5.53. The van der Waals surface area contributed by atoms with Crippen molar-refractivity contribution in [2.75, 3.05) is 13.2 Å². The summed E-state index contributed by atoms with van der Waals surface area (Å²) in [6.07, 6.45) is 25.5. The molecule has 0 saturated heterocycles. The van der Waals surface area contributed by atoms with Gasteiger partial charge in [0.15, 0.2) is 0 Å². The standard InChI is InChI=1S/C23H49NO.C3H6O2/c1-3-5-7-9-11-13-15-17-19-23(25-22-21-24)20-18-16-14-12-10-8-6-4-2;1-2-3(4)5/h23H,3-22,24H2,1-2H3;2H2,1H3,(H,4,5). The van der Waals surface area contributed by atoms with Crippen molar-refractivity contribution >= 4 is 5.97 Å². The van der Waals surface area contributed by atoms with Gasteiger partial charge in [0.1, 0.15) is 0 Å². The maximum Gasteiger partial charge on any atom is 0.303 e. The summed E-state index contributed by atoms with van der Waals surface area (Å²) in [7, 11) is 0. The highest BCUT2D eigenvalue weighted by Gasteiger charge is 2.08. The Morgan fingerprint density at radius 1 is 0.700 bits per heavy atom. The Morgan fingerprint density at radius 3 is 1.33 bits per heavy atom. The monoisotopic (exact) mass is 429 g/mol. The molecule has 0 radical (unpaired) electrons. The van der Waals surface area contributed by atoms with Crippen molar-refractivity contribution in [2.24, 2.45) is 5.73 Å². The summed E-state index contributed by atoms with van der Waals surface area (Å²) >= 11 is 0. The highest BCUT2D eigenvalue weighted by Crippen LogP contribution is 2.17. The molecule has 0 fully saturated rings. The van der Waals surface area contributed by atoms with Crippen LogP contribution in [0.25, 0.3) is 0 Å². The highest BCUT2D eigenvalue weighted by atomic mass is 16.5. The number of carboxylic acids is 1. The smallest absolute Gasteiger partial charge is 0.303 e. The SMILES string of the molecule is CCC(=O)O.CCCCCCCCCCC(CCCCCCCCCC)OCCN. The lowest BCUT2D eigenvalue weighted by Gasteiger charge is -2.17. The first-order valence-electron chi connectivity index (χ1n) is 13.2. The quantitative estimate of drug-likeness (QED) is 0.172. The zero-order valence-corrected chi connectivity index (χ0v) is 20.8. The molecule has 0 rings (SSSR count). The molecule has 0 aromatic heterocycles. The summed E-state index contributed by atoms with van der Waals surface area (Å²) < 4.78 is 5.99. The van der Waals surface area contributed by atoms with E-state index in [-0.39, 0.29) is 6.42 Å². The van der Waals surface area contributed by atoms with Gasteiger partial charge in [-0.1, -0.05) is 124 Å². The molecule has 0 bridgehead atoms. The first-order chi connectivity index (χ1) is 14.6. The van der Waals surface area contributed by atoms with Gasteiger partial charge < -0.3 is 15.6 Å². The molecule has 3 N–H and O–H groups in total. The van der Waals surface area contributed by atoms with Crippen molar-refractivity contribution in [3.05, 3.63) is 0 Å². The van der Waals surface area contributed by atoms with Crippen LogP contribution in [0, 0.1) is 0 Å². The lowest BCUT2D eigenvalue weighted by molar-refractivity contribution is -0.136. The lowest BCUT2D eigenvalue weighted by Crippen LogP contribution is -2.18. The van der Waals surface area contributed by atoms with Gasteiger partial charge >= 0.3 is 5.97 Å². The molecule has 0 aliphatic rings. The average molecular weight is 430 g/mol. The Balaban J connectivity index is 0. The minimum Gasteiger partial charge on any atom is -0.481 e. The molecule has 0 aliphatic heterocycles. The number of carboxylic acid groups (broad SMARTS) is 1. The van der Waals surface area contributed by atoms with Crippen LogP contribution in [0.4, 0.5) is 0 Å². The fourth-order valence-corrected chi connectivity index (χ4v) is 3.56. The van der Waals surface area contributed by atoms with E-state index in [0.717, 1.165) is 6.61 Å². The Labute approximate surface area is 188 Å². The molecular formula is C26H55NO3. The van der Waals surface area contributed by atoms with E-state index in [1.807, 2.05) is 0 Å². The summed E-state index contributed by atoms with van der Waals surface area (Å²) in [6.45, 7) is 7.56. The number of unbranched alkanes of at least 4 members (excludes halogenated alkanes) is 14.